The quantitative estimate of drug-likeness (QED) is 0.0468. The van der Waals surface area contributed by atoms with Gasteiger partial charge in [0.05, 0.1) is 42.3 Å². The zero-order valence-electron chi connectivity index (χ0n) is 58.1. The van der Waals surface area contributed by atoms with E-state index in [1.54, 1.807) is 0 Å². The second kappa shape index (κ2) is 34.5. The second-order valence-corrected chi connectivity index (χ2v) is 30.8. The Hall–Kier alpha value is -9.48. The Morgan fingerprint density at radius 1 is 0.250 bits per heavy atom. The lowest BCUT2D eigenvalue weighted by Gasteiger charge is -2.07. The van der Waals surface area contributed by atoms with Gasteiger partial charge in [0.25, 0.3) is 0 Å². The monoisotopic (exact) mass is 1370 g/mol. The van der Waals surface area contributed by atoms with Gasteiger partial charge in [0, 0.05) is 86.1 Å². The van der Waals surface area contributed by atoms with Crippen molar-refractivity contribution in [1.29, 1.82) is 0 Å². The van der Waals surface area contributed by atoms with Crippen LogP contribution in [0.2, 0.25) is 0 Å². The first-order valence-electron chi connectivity index (χ1n) is 36.3. The van der Waals surface area contributed by atoms with Gasteiger partial charge in [0.2, 0.25) is 0 Å². The highest BCUT2D eigenvalue weighted by Gasteiger charge is 2.20. The number of nitrogens with zero attached hydrogens (tertiary/aromatic N) is 2. The van der Waals surface area contributed by atoms with E-state index >= 15 is 0 Å². The Labute approximate surface area is 608 Å². The van der Waals surface area contributed by atoms with Crippen LogP contribution in [0.1, 0.15) is 214 Å². The molecule has 7 aromatic heterocycles. The summed E-state index contributed by atoms with van der Waals surface area (Å²) in [6.45, 7) is 9.06. The maximum Gasteiger partial charge on any atom is 0.0775 e. The molecule has 0 spiro atoms. The van der Waals surface area contributed by atoms with Crippen LogP contribution in [0.15, 0.2) is 170 Å². The summed E-state index contributed by atoms with van der Waals surface area (Å²) in [4.78, 5) is 29.3. The zero-order chi connectivity index (χ0) is 68.2. The smallest absolute Gasteiger partial charge is 0.0775 e. The Bertz CT molecular complexity index is 4500. The molecule has 0 atom stereocenters. The summed E-state index contributed by atoms with van der Waals surface area (Å²) in [6.07, 6.45) is 33.3. The molecule has 0 aliphatic carbocycles. The summed E-state index contributed by atoms with van der Waals surface area (Å²) < 4.78 is 0. The molecule has 8 bridgehead atoms. The lowest BCUT2D eigenvalue weighted by atomic mass is 10.0. The van der Waals surface area contributed by atoms with Crippen LogP contribution in [-0.2, 0) is 25.7 Å². The molecule has 0 saturated heterocycles. The average molecular weight is 1380 g/mol. The molecule has 0 fully saturated rings. The number of aryl methyl sites for hydroxylation is 4. The molecule has 8 heteroatoms. The molecule has 13 rings (SSSR count). The van der Waals surface area contributed by atoms with E-state index in [-0.39, 0.29) is 0 Å². The van der Waals surface area contributed by atoms with Gasteiger partial charge < -0.3 is 9.97 Å². The van der Waals surface area contributed by atoms with Gasteiger partial charge >= 0.3 is 0 Å². The number of fused-ring (bicyclic) bond motifs is 8. The molecule has 498 valence electrons. The lowest BCUT2D eigenvalue weighted by Crippen LogP contribution is -1.90. The maximum atomic E-state index is 5.68. The van der Waals surface area contributed by atoms with Crippen LogP contribution >= 0.6 is 45.3 Å². The largest absolute Gasteiger partial charge is 0.354 e. The number of H-pyrrole nitrogens is 2. The van der Waals surface area contributed by atoms with Crippen molar-refractivity contribution >= 4 is 91.7 Å². The highest BCUT2D eigenvalue weighted by molar-refractivity contribution is 7.13. The molecular formula is C92H86N4S4. The summed E-state index contributed by atoms with van der Waals surface area (Å²) in [5.74, 6) is 27.9. The van der Waals surface area contributed by atoms with Crippen molar-refractivity contribution in [2.45, 2.75) is 156 Å². The van der Waals surface area contributed by atoms with Crippen molar-refractivity contribution in [2.24, 2.45) is 0 Å². The molecule has 2 N–H and O–H groups in total. The normalized spacial score (nSPS) is 11.4. The number of benzene rings is 4. The van der Waals surface area contributed by atoms with Crippen LogP contribution < -0.4 is 0 Å². The summed E-state index contributed by atoms with van der Waals surface area (Å²) in [5, 5.41) is 0. The van der Waals surface area contributed by atoms with Crippen LogP contribution in [0.4, 0.5) is 0 Å². The predicted octanol–water partition coefficient (Wildman–Crippen LogP) is 25.7. The minimum absolute atomic E-state index is 0.844. The minimum Gasteiger partial charge on any atom is -0.354 e. The molecule has 4 nitrogen and oxygen atoms in total. The fraction of sp³-hybridized carbons (Fsp3) is 0.261. The third-order valence-corrected chi connectivity index (χ3v) is 22.8. The van der Waals surface area contributed by atoms with Crippen molar-refractivity contribution in [3.63, 3.8) is 0 Å². The molecule has 0 unspecified atom stereocenters. The summed E-state index contributed by atoms with van der Waals surface area (Å²) in [6, 6.07) is 61.2. The van der Waals surface area contributed by atoms with Crippen LogP contribution in [-0.4, -0.2) is 19.9 Å². The lowest BCUT2D eigenvalue weighted by molar-refractivity contribution is 0.670. The summed E-state index contributed by atoms with van der Waals surface area (Å²) >= 11 is 7.27. The molecule has 9 heterocycles. The first-order chi connectivity index (χ1) is 49.3. The van der Waals surface area contributed by atoms with Gasteiger partial charge in [-0.1, -0.05) is 201 Å². The molecule has 0 saturated carbocycles. The van der Waals surface area contributed by atoms with Crippen molar-refractivity contribution in [2.75, 3.05) is 0 Å². The van der Waals surface area contributed by atoms with Crippen molar-refractivity contribution in [3.05, 3.63) is 254 Å². The van der Waals surface area contributed by atoms with Crippen molar-refractivity contribution < 1.29 is 0 Å². The summed E-state index contributed by atoms with van der Waals surface area (Å²) in [7, 11) is 0. The van der Waals surface area contributed by atoms with Crippen molar-refractivity contribution in [1.82, 2.24) is 19.9 Å². The van der Waals surface area contributed by atoms with E-state index < -0.39 is 0 Å². The summed E-state index contributed by atoms with van der Waals surface area (Å²) in [5.41, 5.74) is 18.9. The van der Waals surface area contributed by atoms with Crippen molar-refractivity contribution in [3.8, 4) is 91.9 Å². The predicted molar refractivity (Wildman–Crippen MR) is 433 cm³/mol. The molecule has 2 aliphatic heterocycles. The van der Waals surface area contributed by atoms with E-state index in [9.17, 15) is 0 Å². The van der Waals surface area contributed by atoms with E-state index in [2.05, 4.69) is 279 Å². The van der Waals surface area contributed by atoms with Gasteiger partial charge in [-0.25, -0.2) is 9.97 Å². The van der Waals surface area contributed by atoms with Gasteiger partial charge in [-0.15, -0.1) is 45.3 Å². The highest BCUT2D eigenvalue weighted by atomic mass is 32.1. The number of unbranched alkanes of at least 4 members (excludes halogenated alkanes) is 12. The standard InChI is InChI=1S/C92H86N4S4/c1-5-9-13-17-21-73-49-53-77(97-73)45-33-65-25-37-69(38-26-65)89-81-57-59-83(93-81)90(70-39-27-66(28-40-70)34-46-78-54-50-74(98-78)22-18-14-10-6-2)85-61-63-87(95-85)92(72-43-31-68(32-44-72)36-48-80-56-52-76(100-80)24-20-16-12-8-4)88-64-62-86(96-88)91(84-60-58-82(89)94-84)71-41-29-67(30-42-71)35-47-79-55-51-75(99-79)23-19-15-11-7-3/h25-32,37-44,49-64,93,96H,5-24H2,1-4H3. The van der Waals surface area contributed by atoms with Gasteiger partial charge in [-0.2, -0.15) is 0 Å². The number of hydrogen-bond donors (Lipinski definition) is 2. The molecule has 0 radical (unpaired) electrons. The first-order valence-corrected chi connectivity index (χ1v) is 39.6. The SMILES string of the molecule is CCCCCCc1ccc(C#Cc2ccc(-c3c4nc(c(-c5ccc(C#Cc6ccc(CCCCCC)s6)cc5)c5ccc([nH]5)c(-c5ccc(C#Cc6ccc(CCCCCC)s6)cc5)c5nc(c(-c6ccc(C#Cc7ccc(CCCCCC)s7)cc6)c6ccc3[nH]6)C=C5)C=C4)cc2)s1. The van der Waals surface area contributed by atoms with Gasteiger partial charge in [-0.05, 0) is 219 Å². The second-order valence-electron chi connectivity index (χ2n) is 26.1. The van der Waals surface area contributed by atoms with Crippen LogP contribution in [0.3, 0.4) is 0 Å². The molecule has 2 aliphatic rings. The first kappa shape index (κ1) is 69.0. The fourth-order valence-electron chi connectivity index (χ4n) is 13.1. The number of nitrogens with one attached hydrogen (secondary N) is 2. The minimum atomic E-state index is 0.844. The third kappa shape index (κ3) is 17.9. The average Bonchev–Trinajstić information content (AvgIpc) is 1.61. The van der Waals surface area contributed by atoms with Gasteiger partial charge in [0.15, 0.2) is 0 Å². The number of aromatic amines is 2. The highest BCUT2D eigenvalue weighted by Crippen LogP contribution is 2.39. The van der Waals surface area contributed by atoms with Crippen LogP contribution in [0.5, 0.6) is 0 Å². The van der Waals surface area contributed by atoms with E-state index in [1.807, 2.05) is 45.3 Å². The van der Waals surface area contributed by atoms with E-state index in [0.717, 1.165) is 157 Å². The van der Waals surface area contributed by atoms with Crippen LogP contribution in [0, 0.1) is 47.4 Å². The van der Waals surface area contributed by atoms with E-state index in [4.69, 9.17) is 9.97 Å². The Morgan fingerprint density at radius 2 is 0.480 bits per heavy atom. The van der Waals surface area contributed by atoms with E-state index in [0.29, 0.717) is 0 Å². The Kier molecular flexibility index (Phi) is 23.8. The molecular weight excluding hydrogens is 1290 g/mol. The Morgan fingerprint density at radius 3 is 0.700 bits per heavy atom. The van der Waals surface area contributed by atoms with E-state index in [1.165, 1.54) is 122 Å². The topological polar surface area (TPSA) is 57.4 Å². The van der Waals surface area contributed by atoms with Gasteiger partial charge in [-0.3, -0.25) is 0 Å². The zero-order valence-corrected chi connectivity index (χ0v) is 61.4. The number of thiophene rings is 4. The maximum absolute atomic E-state index is 5.68. The number of rotatable bonds is 24. The Balaban J connectivity index is 0.941. The molecule has 100 heavy (non-hydrogen) atoms. The van der Waals surface area contributed by atoms with Crippen LogP contribution in [0.25, 0.3) is 90.9 Å². The molecule has 11 aromatic rings. The fourth-order valence-corrected chi connectivity index (χ4v) is 16.7. The molecule has 4 aromatic carbocycles. The number of hydrogen-bond acceptors (Lipinski definition) is 6. The third-order valence-electron chi connectivity index (χ3n) is 18.5. The molecule has 0 amide bonds. The van der Waals surface area contributed by atoms with Gasteiger partial charge in [0.1, 0.15) is 0 Å². The number of aromatic nitrogens is 4.